The standard InChI is InChI=1S/C20H26N6/c21-6-5-17-13-3-1-2-4-14(13)19-15(12-22)16(23)11-18(20(19)25-17)26-9-7-24-8-10-26/h5-6,11-12,22,24H,1-4,7-10,21,23H2/b6-5+,22-12?. The fourth-order valence-corrected chi connectivity index (χ4v) is 4.30. The van der Waals surface area contributed by atoms with Crippen LogP contribution in [0.5, 0.6) is 0 Å². The molecule has 2 heterocycles. The molecule has 136 valence electrons. The van der Waals surface area contributed by atoms with Gasteiger partial charge >= 0.3 is 0 Å². The quantitative estimate of drug-likeness (QED) is 0.501. The Morgan fingerprint density at radius 1 is 1.15 bits per heavy atom. The van der Waals surface area contributed by atoms with E-state index >= 15 is 0 Å². The SMILES string of the molecule is N=Cc1c(N)cc(N2CCNCC2)c2nc(/C=C/N)c3c(c12)CCCC3. The second-order valence-corrected chi connectivity index (χ2v) is 7.02. The first-order chi connectivity index (χ1) is 12.7. The average molecular weight is 350 g/mol. The predicted molar refractivity (Wildman–Crippen MR) is 109 cm³/mol. The van der Waals surface area contributed by atoms with Gasteiger partial charge in [0.2, 0.25) is 0 Å². The fourth-order valence-electron chi connectivity index (χ4n) is 4.30. The number of anilines is 2. The molecule has 1 aromatic heterocycles. The first-order valence-electron chi connectivity index (χ1n) is 9.37. The van der Waals surface area contributed by atoms with Crippen molar-refractivity contribution in [1.82, 2.24) is 10.3 Å². The van der Waals surface area contributed by atoms with Gasteiger partial charge in [-0.2, -0.15) is 0 Å². The second-order valence-electron chi connectivity index (χ2n) is 7.02. The van der Waals surface area contributed by atoms with Crippen molar-refractivity contribution < 1.29 is 0 Å². The topological polar surface area (TPSA) is 104 Å². The zero-order chi connectivity index (χ0) is 18.1. The average Bonchev–Trinajstić information content (AvgIpc) is 2.69. The number of nitrogen functional groups attached to an aromatic ring is 1. The number of rotatable bonds is 3. The highest BCUT2D eigenvalue weighted by Gasteiger charge is 2.24. The molecule has 2 aliphatic rings. The molecular weight excluding hydrogens is 324 g/mol. The molecule has 1 aromatic carbocycles. The molecule has 1 aliphatic carbocycles. The van der Waals surface area contributed by atoms with Crippen molar-refractivity contribution in [3.8, 4) is 0 Å². The minimum Gasteiger partial charge on any atom is -0.405 e. The molecule has 0 amide bonds. The van der Waals surface area contributed by atoms with Gasteiger partial charge in [-0.05, 0) is 55.2 Å². The summed E-state index contributed by atoms with van der Waals surface area (Å²) in [5.74, 6) is 0. The zero-order valence-corrected chi connectivity index (χ0v) is 15.0. The van der Waals surface area contributed by atoms with Crippen molar-refractivity contribution in [1.29, 1.82) is 5.41 Å². The van der Waals surface area contributed by atoms with Gasteiger partial charge in [0.1, 0.15) is 0 Å². The highest BCUT2D eigenvalue weighted by atomic mass is 15.2. The van der Waals surface area contributed by atoms with E-state index in [1.54, 1.807) is 6.20 Å². The lowest BCUT2D eigenvalue weighted by Gasteiger charge is -2.32. The number of nitrogens with one attached hydrogen (secondary N) is 2. The Balaban J connectivity index is 2.06. The highest BCUT2D eigenvalue weighted by Crippen LogP contribution is 2.39. The second kappa shape index (κ2) is 6.96. The van der Waals surface area contributed by atoms with Gasteiger partial charge in [-0.3, -0.25) is 0 Å². The molecule has 0 saturated carbocycles. The molecule has 4 rings (SSSR count). The van der Waals surface area contributed by atoms with Crippen molar-refractivity contribution in [3.05, 3.63) is 34.7 Å². The number of nitrogens with two attached hydrogens (primary N) is 2. The monoisotopic (exact) mass is 350 g/mol. The molecule has 26 heavy (non-hydrogen) atoms. The third-order valence-corrected chi connectivity index (χ3v) is 5.52. The van der Waals surface area contributed by atoms with E-state index in [2.05, 4.69) is 10.2 Å². The van der Waals surface area contributed by atoms with E-state index in [9.17, 15) is 0 Å². The fraction of sp³-hybridized carbons (Fsp3) is 0.400. The van der Waals surface area contributed by atoms with E-state index in [1.165, 1.54) is 23.8 Å². The molecule has 1 fully saturated rings. The van der Waals surface area contributed by atoms with E-state index in [-0.39, 0.29) is 0 Å². The summed E-state index contributed by atoms with van der Waals surface area (Å²) in [5.41, 5.74) is 19.1. The number of fused-ring (bicyclic) bond motifs is 3. The summed E-state index contributed by atoms with van der Waals surface area (Å²) in [6.07, 6.45) is 9.20. The number of pyridine rings is 1. The molecule has 6 nitrogen and oxygen atoms in total. The molecule has 0 spiro atoms. The third-order valence-electron chi connectivity index (χ3n) is 5.52. The molecule has 0 atom stereocenters. The molecule has 1 aliphatic heterocycles. The molecular formula is C20H26N6. The molecule has 0 bridgehead atoms. The van der Waals surface area contributed by atoms with Crippen molar-refractivity contribution >= 4 is 34.6 Å². The first-order valence-corrected chi connectivity index (χ1v) is 9.37. The molecule has 0 unspecified atom stereocenters. The van der Waals surface area contributed by atoms with Crippen molar-refractivity contribution in [2.75, 3.05) is 36.8 Å². The normalized spacial score (nSPS) is 17.6. The predicted octanol–water partition coefficient (Wildman–Crippen LogP) is 2.03. The smallest absolute Gasteiger partial charge is 0.0953 e. The largest absolute Gasteiger partial charge is 0.405 e. The summed E-state index contributed by atoms with van der Waals surface area (Å²) >= 11 is 0. The van der Waals surface area contributed by atoms with E-state index in [1.807, 2.05) is 12.1 Å². The van der Waals surface area contributed by atoms with Crippen LogP contribution in [-0.4, -0.2) is 37.4 Å². The molecule has 6 N–H and O–H groups in total. The Hall–Kier alpha value is -2.60. The van der Waals surface area contributed by atoms with Gasteiger partial charge in [0.25, 0.3) is 0 Å². The van der Waals surface area contributed by atoms with Crippen molar-refractivity contribution in [3.63, 3.8) is 0 Å². The number of hydrogen-bond acceptors (Lipinski definition) is 6. The van der Waals surface area contributed by atoms with E-state index in [0.717, 1.165) is 73.3 Å². The zero-order valence-electron chi connectivity index (χ0n) is 15.0. The van der Waals surface area contributed by atoms with Crippen LogP contribution in [-0.2, 0) is 12.8 Å². The molecule has 0 radical (unpaired) electrons. The lowest BCUT2D eigenvalue weighted by Crippen LogP contribution is -2.43. The van der Waals surface area contributed by atoms with Crippen LogP contribution < -0.4 is 21.7 Å². The van der Waals surface area contributed by atoms with Crippen LogP contribution in [0.25, 0.3) is 17.0 Å². The summed E-state index contributed by atoms with van der Waals surface area (Å²) in [5, 5.41) is 12.4. The van der Waals surface area contributed by atoms with Crippen LogP contribution in [0.3, 0.4) is 0 Å². The van der Waals surface area contributed by atoms with Gasteiger partial charge in [-0.1, -0.05) is 0 Å². The van der Waals surface area contributed by atoms with Gasteiger partial charge in [0.15, 0.2) is 0 Å². The Labute approximate surface area is 153 Å². The number of aromatic nitrogens is 1. The maximum atomic E-state index is 7.94. The van der Waals surface area contributed by atoms with E-state index in [4.69, 9.17) is 21.9 Å². The molecule has 1 saturated heterocycles. The Bertz CT molecular complexity index is 880. The van der Waals surface area contributed by atoms with Crippen LogP contribution in [0.2, 0.25) is 0 Å². The Morgan fingerprint density at radius 2 is 1.88 bits per heavy atom. The Kier molecular flexibility index (Phi) is 4.51. The van der Waals surface area contributed by atoms with Crippen molar-refractivity contribution in [2.45, 2.75) is 25.7 Å². The summed E-state index contributed by atoms with van der Waals surface area (Å²) in [4.78, 5) is 7.36. The lowest BCUT2D eigenvalue weighted by molar-refractivity contribution is 0.590. The lowest BCUT2D eigenvalue weighted by atomic mass is 9.85. The summed E-state index contributed by atoms with van der Waals surface area (Å²) in [6.45, 7) is 3.76. The van der Waals surface area contributed by atoms with E-state index < -0.39 is 0 Å². The molecule has 6 heteroatoms. The number of benzene rings is 1. The maximum Gasteiger partial charge on any atom is 0.0953 e. The van der Waals surface area contributed by atoms with Gasteiger partial charge in [-0.15, -0.1) is 0 Å². The van der Waals surface area contributed by atoms with Gasteiger partial charge < -0.3 is 27.1 Å². The van der Waals surface area contributed by atoms with Crippen LogP contribution in [0.1, 0.15) is 35.2 Å². The van der Waals surface area contributed by atoms with Gasteiger partial charge in [0.05, 0.1) is 16.9 Å². The Morgan fingerprint density at radius 3 is 2.58 bits per heavy atom. The molecule has 2 aromatic rings. The third kappa shape index (κ3) is 2.70. The summed E-state index contributed by atoms with van der Waals surface area (Å²) in [6, 6.07) is 1.99. The van der Waals surface area contributed by atoms with Crippen LogP contribution >= 0.6 is 0 Å². The first kappa shape index (κ1) is 16.8. The van der Waals surface area contributed by atoms with Crippen LogP contribution in [0.4, 0.5) is 11.4 Å². The maximum absolute atomic E-state index is 7.94. The number of hydrogen-bond donors (Lipinski definition) is 4. The number of nitrogens with zero attached hydrogens (tertiary/aromatic N) is 2. The van der Waals surface area contributed by atoms with Crippen LogP contribution in [0.15, 0.2) is 12.3 Å². The van der Waals surface area contributed by atoms with E-state index in [0.29, 0.717) is 5.69 Å². The van der Waals surface area contributed by atoms with Gasteiger partial charge in [0, 0.05) is 49.0 Å². The minimum atomic E-state index is 0.665. The summed E-state index contributed by atoms with van der Waals surface area (Å²) in [7, 11) is 0. The number of aryl methyl sites for hydroxylation is 1. The summed E-state index contributed by atoms with van der Waals surface area (Å²) < 4.78 is 0. The highest BCUT2D eigenvalue weighted by molar-refractivity contribution is 6.09. The number of piperazine rings is 1. The van der Waals surface area contributed by atoms with Gasteiger partial charge in [-0.25, -0.2) is 4.98 Å². The van der Waals surface area contributed by atoms with Crippen LogP contribution in [0, 0.1) is 5.41 Å². The van der Waals surface area contributed by atoms with Crippen molar-refractivity contribution in [2.24, 2.45) is 5.73 Å². The minimum absolute atomic E-state index is 0.665.